The van der Waals surface area contributed by atoms with Crippen molar-refractivity contribution in [1.29, 1.82) is 0 Å². The SMILES string of the molecule is COc1ccccc1C(C)(O)c1ccc(C(C)C)cc1. The van der Waals surface area contributed by atoms with Crippen LogP contribution in [0.1, 0.15) is 43.4 Å². The van der Waals surface area contributed by atoms with Gasteiger partial charge in [0.05, 0.1) is 7.11 Å². The average molecular weight is 270 g/mol. The number of para-hydroxylation sites is 1. The normalized spacial score (nSPS) is 14.1. The number of ether oxygens (including phenoxy) is 1. The van der Waals surface area contributed by atoms with Gasteiger partial charge >= 0.3 is 0 Å². The van der Waals surface area contributed by atoms with Gasteiger partial charge in [-0.2, -0.15) is 0 Å². The lowest BCUT2D eigenvalue weighted by atomic mass is 9.86. The van der Waals surface area contributed by atoms with E-state index < -0.39 is 5.60 Å². The number of hydrogen-bond acceptors (Lipinski definition) is 2. The van der Waals surface area contributed by atoms with Crippen molar-refractivity contribution in [3.8, 4) is 5.75 Å². The zero-order valence-electron chi connectivity index (χ0n) is 12.6. The second kappa shape index (κ2) is 5.68. The molecule has 0 saturated carbocycles. The van der Waals surface area contributed by atoms with Crippen LogP contribution in [0.5, 0.6) is 5.75 Å². The maximum absolute atomic E-state index is 10.9. The molecule has 0 aliphatic carbocycles. The summed E-state index contributed by atoms with van der Waals surface area (Å²) in [6.45, 7) is 6.12. The van der Waals surface area contributed by atoms with Crippen molar-refractivity contribution in [2.75, 3.05) is 7.11 Å². The Balaban J connectivity index is 2.43. The minimum atomic E-state index is -1.07. The summed E-state index contributed by atoms with van der Waals surface area (Å²) in [5, 5.41) is 10.9. The molecule has 2 aromatic rings. The molecule has 2 aromatic carbocycles. The van der Waals surface area contributed by atoms with Crippen molar-refractivity contribution in [3.05, 3.63) is 65.2 Å². The Bertz CT molecular complexity index is 568. The smallest absolute Gasteiger partial charge is 0.125 e. The highest BCUT2D eigenvalue weighted by atomic mass is 16.5. The third-order valence-corrected chi connectivity index (χ3v) is 3.77. The Kier molecular flexibility index (Phi) is 4.15. The van der Waals surface area contributed by atoms with E-state index in [0.29, 0.717) is 11.7 Å². The van der Waals surface area contributed by atoms with E-state index in [9.17, 15) is 5.11 Å². The van der Waals surface area contributed by atoms with Gasteiger partial charge in [0.15, 0.2) is 0 Å². The highest BCUT2D eigenvalue weighted by Gasteiger charge is 2.28. The lowest BCUT2D eigenvalue weighted by molar-refractivity contribution is 0.0989. The van der Waals surface area contributed by atoms with E-state index in [1.54, 1.807) is 14.0 Å². The molecule has 0 aromatic heterocycles. The van der Waals surface area contributed by atoms with Crippen LogP contribution in [0.3, 0.4) is 0 Å². The molecule has 0 bridgehead atoms. The standard InChI is InChI=1S/C18H22O2/c1-13(2)14-9-11-15(12-10-14)18(3,19)16-7-5-6-8-17(16)20-4/h5-13,19H,1-4H3. The maximum Gasteiger partial charge on any atom is 0.125 e. The summed E-state index contributed by atoms with van der Waals surface area (Å²) >= 11 is 0. The number of rotatable bonds is 4. The Labute approximate surface area is 121 Å². The number of hydrogen-bond donors (Lipinski definition) is 1. The third kappa shape index (κ3) is 2.70. The van der Waals surface area contributed by atoms with Gasteiger partial charge in [-0.05, 0) is 30.0 Å². The van der Waals surface area contributed by atoms with Crippen LogP contribution in [-0.2, 0) is 5.60 Å². The fourth-order valence-electron chi connectivity index (χ4n) is 2.39. The highest BCUT2D eigenvalue weighted by Crippen LogP contribution is 2.35. The van der Waals surface area contributed by atoms with E-state index >= 15 is 0 Å². The summed E-state index contributed by atoms with van der Waals surface area (Å²) in [7, 11) is 1.62. The van der Waals surface area contributed by atoms with Gasteiger partial charge in [-0.1, -0.05) is 56.3 Å². The molecule has 0 aliphatic rings. The van der Waals surface area contributed by atoms with Gasteiger partial charge in [0, 0.05) is 5.56 Å². The molecular formula is C18H22O2. The van der Waals surface area contributed by atoms with Gasteiger partial charge in [-0.25, -0.2) is 0 Å². The molecule has 0 saturated heterocycles. The van der Waals surface area contributed by atoms with Crippen molar-refractivity contribution in [3.63, 3.8) is 0 Å². The minimum Gasteiger partial charge on any atom is -0.496 e. The van der Waals surface area contributed by atoms with E-state index in [0.717, 1.165) is 11.1 Å². The van der Waals surface area contributed by atoms with Gasteiger partial charge in [0.25, 0.3) is 0 Å². The topological polar surface area (TPSA) is 29.5 Å². The van der Waals surface area contributed by atoms with Gasteiger partial charge < -0.3 is 9.84 Å². The van der Waals surface area contributed by atoms with Crippen molar-refractivity contribution in [2.24, 2.45) is 0 Å². The highest BCUT2D eigenvalue weighted by molar-refractivity contribution is 5.44. The van der Waals surface area contributed by atoms with Crippen LogP contribution in [0.15, 0.2) is 48.5 Å². The van der Waals surface area contributed by atoms with Gasteiger partial charge in [-0.15, -0.1) is 0 Å². The van der Waals surface area contributed by atoms with E-state index in [1.165, 1.54) is 5.56 Å². The second-order valence-electron chi connectivity index (χ2n) is 5.55. The average Bonchev–Trinajstić information content (AvgIpc) is 2.47. The molecule has 0 fully saturated rings. The van der Waals surface area contributed by atoms with E-state index in [-0.39, 0.29) is 0 Å². The molecule has 0 aliphatic heterocycles. The first kappa shape index (κ1) is 14.6. The Morgan fingerprint density at radius 2 is 1.60 bits per heavy atom. The Morgan fingerprint density at radius 1 is 1.00 bits per heavy atom. The van der Waals surface area contributed by atoms with Gasteiger partial charge in [0.2, 0.25) is 0 Å². The van der Waals surface area contributed by atoms with Crippen LogP contribution in [0.4, 0.5) is 0 Å². The Hall–Kier alpha value is -1.80. The lowest BCUT2D eigenvalue weighted by Crippen LogP contribution is -2.23. The first-order valence-electron chi connectivity index (χ1n) is 6.93. The molecule has 0 radical (unpaired) electrons. The second-order valence-corrected chi connectivity index (χ2v) is 5.55. The molecule has 2 rings (SSSR count). The van der Waals surface area contributed by atoms with E-state index in [4.69, 9.17) is 4.74 Å². The van der Waals surface area contributed by atoms with Gasteiger partial charge in [0.1, 0.15) is 11.4 Å². The molecule has 106 valence electrons. The van der Waals surface area contributed by atoms with Gasteiger partial charge in [-0.3, -0.25) is 0 Å². The van der Waals surface area contributed by atoms with Crippen molar-refractivity contribution < 1.29 is 9.84 Å². The Morgan fingerprint density at radius 3 is 2.15 bits per heavy atom. The molecule has 0 amide bonds. The van der Waals surface area contributed by atoms with Crippen LogP contribution >= 0.6 is 0 Å². The predicted molar refractivity (Wildman–Crippen MR) is 82.2 cm³/mol. The molecule has 1 N–H and O–H groups in total. The summed E-state index contributed by atoms with van der Waals surface area (Å²) < 4.78 is 5.36. The zero-order chi connectivity index (χ0) is 14.8. The molecule has 2 heteroatoms. The van der Waals surface area contributed by atoms with Crippen LogP contribution in [0, 0.1) is 0 Å². The first-order valence-corrected chi connectivity index (χ1v) is 6.93. The number of benzene rings is 2. The minimum absolute atomic E-state index is 0.486. The number of methoxy groups -OCH3 is 1. The largest absolute Gasteiger partial charge is 0.496 e. The van der Waals surface area contributed by atoms with Crippen LogP contribution in [0.2, 0.25) is 0 Å². The van der Waals surface area contributed by atoms with Crippen LogP contribution in [0.25, 0.3) is 0 Å². The summed E-state index contributed by atoms with van der Waals surface area (Å²) in [5.74, 6) is 1.19. The van der Waals surface area contributed by atoms with Crippen molar-refractivity contribution in [1.82, 2.24) is 0 Å². The summed E-state index contributed by atoms with van der Waals surface area (Å²) in [6.07, 6.45) is 0. The molecule has 1 unspecified atom stereocenters. The van der Waals surface area contributed by atoms with Crippen LogP contribution in [-0.4, -0.2) is 12.2 Å². The summed E-state index contributed by atoms with van der Waals surface area (Å²) in [6, 6.07) is 15.7. The van der Waals surface area contributed by atoms with Crippen molar-refractivity contribution >= 4 is 0 Å². The molecule has 1 atom stereocenters. The van der Waals surface area contributed by atoms with E-state index in [2.05, 4.69) is 26.0 Å². The third-order valence-electron chi connectivity index (χ3n) is 3.77. The van der Waals surface area contributed by atoms with Crippen molar-refractivity contribution in [2.45, 2.75) is 32.3 Å². The number of aliphatic hydroxyl groups is 1. The lowest BCUT2D eigenvalue weighted by Gasteiger charge is -2.26. The fourth-order valence-corrected chi connectivity index (χ4v) is 2.39. The summed E-state index contributed by atoms with van der Waals surface area (Å²) in [4.78, 5) is 0. The molecule has 0 spiro atoms. The first-order chi connectivity index (χ1) is 9.46. The molecular weight excluding hydrogens is 248 g/mol. The fraction of sp³-hybridized carbons (Fsp3) is 0.333. The summed E-state index contributed by atoms with van der Waals surface area (Å²) in [5.41, 5.74) is 1.85. The van der Waals surface area contributed by atoms with E-state index in [1.807, 2.05) is 36.4 Å². The van der Waals surface area contributed by atoms with Crippen LogP contribution < -0.4 is 4.74 Å². The predicted octanol–water partition coefficient (Wildman–Crippen LogP) is 4.07. The monoisotopic (exact) mass is 270 g/mol. The zero-order valence-corrected chi connectivity index (χ0v) is 12.6. The maximum atomic E-state index is 10.9. The quantitative estimate of drug-likeness (QED) is 0.907. The molecule has 2 nitrogen and oxygen atoms in total. The molecule has 20 heavy (non-hydrogen) atoms. The molecule has 0 heterocycles.